The van der Waals surface area contributed by atoms with Crippen molar-refractivity contribution in [3.63, 3.8) is 0 Å². The van der Waals surface area contributed by atoms with Gasteiger partial charge in [-0.3, -0.25) is 9.59 Å². The van der Waals surface area contributed by atoms with Crippen molar-refractivity contribution < 1.29 is 9.59 Å². The quantitative estimate of drug-likeness (QED) is 0.731. The van der Waals surface area contributed by atoms with Crippen LogP contribution in [0.3, 0.4) is 0 Å². The predicted molar refractivity (Wildman–Crippen MR) is 68.4 cm³/mol. The van der Waals surface area contributed by atoms with Gasteiger partial charge >= 0.3 is 0 Å². The molecule has 0 spiro atoms. The molecule has 3 N–H and O–H groups in total. The number of nitrogens with one attached hydrogen (secondary N) is 1. The summed E-state index contributed by atoms with van der Waals surface area (Å²) in [5, 5.41) is 2.53. The van der Waals surface area contributed by atoms with Gasteiger partial charge in [0.25, 0.3) is 0 Å². The zero-order valence-corrected chi connectivity index (χ0v) is 11.8. The molecule has 2 amide bonds. The molecular weight excluding hydrogens is 218 g/mol. The van der Waals surface area contributed by atoms with Crippen molar-refractivity contribution in [3.05, 3.63) is 0 Å². The van der Waals surface area contributed by atoms with E-state index in [0.29, 0.717) is 13.0 Å². The molecule has 0 bridgehead atoms. The molecule has 0 unspecified atom stereocenters. The van der Waals surface area contributed by atoms with E-state index >= 15 is 0 Å². The van der Waals surface area contributed by atoms with Gasteiger partial charge in [-0.15, -0.1) is 0 Å². The fourth-order valence-corrected chi connectivity index (χ4v) is 1.25. The van der Waals surface area contributed by atoms with E-state index in [4.69, 9.17) is 5.73 Å². The second kappa shape index (κ2) is 5.49. The van der Waals surface area contributed by atoms with Crippen molar-refractivity contribution in [2.75, 3.05) is 20.6 Å². The summed E-state index contributed by atoms with van der Waals surface area (Å²) in [6.07, 6.45) is 0.305. The van der Waals surface area contributed by atoms with Crippen LogP contribution >= 0.6 is 0 Å². The molecular formula is C12H25N3O2. The van der Waals surface area contributed by atoms with Crippen LogP contribution < -0.4 is 11.1 Å². The summed E-state index contributed by atoms with van der Waals surface area (Å²) in [5.41, 5.74) is 4.74. The Hall–Kier alpha value is -1.10. The average Bonchev–Trinajstić information content (AvgIpc) is 2.22. The van der Waals surface area contributed by atoms with Crippen molar-refractivity contribution in [2.45, 2.75) is 39.7 Å². The third kappa shape index (κ3) is 4.00. The highest BCUT2D eigenvalue weighted by Crippen LogP contribution is 2.30. The number of nitrogens with two attached hydrogens (primary N) is 1. The summed E-state index contributed by atoms with van der Waals surface area (Å²) in [4.78, 5) is 24.9. The first kappa shape index (κ1) is 15.9. The van der Waals surface area contributed by atoms with Crippen molar-refractivity contribution in [1.29, 1.82) is 0 Å². The third-order valence-electron chi connectivity index (χ3n) is 3.45. The molecule has 0 aromatic carbocycles. The second-order valence-corrected chi connectivity index (χ2v) is 5.50. The van der Waals surface area contributed by atoms with E-state index in [1.165, 1.54) is 0 Å². The van der Waals surface area contributed by atoms with Crippen LogP contribution in [0.25, 0.3) is 0 Å². The summed E-state index contributed by atoms with van der Waals surface area (Å²) in [7, 11) is 3.27. The monoisotopic (exact) mass is 243 g/mol. The number of amides is 2. The third-order valence-corrected chi connectivity index (χ3v) is 3.45. The molecule has 0 rings (SSSR count). The fourth-order valence-electron chi connectivity index (χ4n) is 1.25. The normalized spacial score (nSPS) is 12.2. The predicted octanol–water partition coefficient (Wildman–Crippen LogP) is 0.344. The van der Waals surface area contributed by atoms with Gasteiger partial charge in [-0.2, -0.15) is 0 Å². The lowest BCUT2D eigenvalue weighted by molar-refractivity contribution is -0.142. The fraction of sp³-hybridized carbons (Fsp3) is 0.833. The lowest BCUT2D eigenvalue weighted by Crippen LogP contribution is -2.56. The Bertz CT molecular complexity index is 293. The van der Waals surface area contributed by atoms with Crippen LogP contribution in [-0.4, -0.2) is 42.9 Å². The lowest BCUT2D eigenvalue weighted by atomic mass is 9.74. The summed E-state index contributed by atoms with van der Waals surface area (Å²) < 4.78 is 0. The Morgan fingerprint density at radius 1 is 1.24 bits per heavy atom. The first-order valence-corrected chi connectivity index (χ1v) is 5.79. The zero-order valence-electron chi connectivity index (χ0n) is 11.8. The van der Waals surface area contributed by atoms with Crippen LogP contribution in [0.5, 0.6) is 0 Å². The SMILES string of the molecule is CNC(=O)CCN(C)C(=O)C(C)(C)C(C)(C)N. The zero-order chi connectivity index (χ0) is 13.9. The number of carbonyl (C=O) groups excluding carboxylic acids is 2. The maximum atomic E-state index is 12.2. The molecule has 100 valence electrons. The van der Waals surface area contributed by atoms with Gasteiger partial charge < -0.3 is 16.0 Å². The first-order chi connectivity index (χ1) is 7.54. The standard InChI is InChI=1S/C12H25N3O2/c1-11(2,12(3,4)13)10(17)15(6)8-7-9(16)14-5/h7-8,13H2,1-6H3,(H,14,16). The van der Waals surface area contributed by atoms with Crippen molar-refractivity contribution >= 4 is 11.8 Å². The highest BCUT2D eigenvalue weighted by atomic mass is 16.2. The number of rotatable bonds is 5. The van der Waals surface area contributed by atoms with Crippen LogP contribution in [0, 0.1) is 5.41 Å². The van der Waals surface area contributed by atoms with Gasteiger partial charge in [-0.1, -0.05) is 0 Å². The van der Waals surface area contributed by atoms with E-state index in [-0.39, 0.29) is 11.8 Å². The van der Waals surface area contributed by atoms with Crippen LogP contribution in [0.4, 0.5) is 0 Å². The molecule has 17 heavy (non-hydrogen) atoms. The molecule has 0 aliphatic heterocycles. The summed E-state index contributed by atoms with van der Waals surface area (Å²) >= 11 is 0. The van der Waals surface area contributed by atoms with Gasteiger partial charge in [0.2, 0.25) is 11.8 Å². The minimum absolute atomic E-state index is 0.0473. The van der Waals surface area contributed by atoms with E-state index in [2.05, 4.69) is 5.32 Å². The number of hydrogen-bond donors (Lipinski definition) is 2. The molecule has 0 aliphatic carbocycles. The van der Waals surface area contributed by atoms with Crippen LogP contribution in [0.1, 0.15) is 34.1 Å². The number of carbonyl (C=O) groups is 2. The molecule has 0 aromatic rings. The molecule has 5 heteroatoms. The molecule has 0 atom stereocenters. The average molecular weight is 243 g/mol. The van der Waals surface area contributed by atoms with Gasteiger partial charge in [0.1, 0.15) is 0 Å². The molecule has 5 nitrogen and oxygen atoms in total. The van der Waals surface area contributed by atoms with Crippen LogP contribution in [0.2, 0.25) is 0 Å². The first-order valence-electron chi connectivity index (χ1n) is 5.79. The van der Waals surface area contributed by atoms with Crippen molar-refractivity contribution in [2.24, 2.45) is 11.1 Å². The smallest absolute Gasteiger partial charge is 0.229 e. The van der Waals surface area contributed by atoms with Gasteiger partial charge in [0.15, 0.2) is 0 Å². The lowest BCUT2D eigenvalue weighted by Gasteiger charge is -2.39. The van der Waals surface area contributed by atoms with E-state index in [0.717, 1.165) is 0 Å². The Morgan fingerprint density at radius 3 is 2.06 bits per heavy atom. The van der Waals surface area contributed by atoms with Crippen LogP contribution in [0.15, 0.2) is 0 Å². The summed E-state index contributed by atoms with van der Waals surface area (Å²) in [5.74, 6) is -0.122. The molecule has 0 saturated carbocycles. The van der Waals surface area contributed by atoms with Gasteiger partial charge in [0.05, 0.1) is 5.41 Å². The maximum absolute atomic E-state index is 12.2. The van der Waals surface area contributed by atoms with E-state index in [1.807, 2.05) is 27.7 Å². The number of nitrogens with zero attached hydrogens (tertiary/aromatic N) is 1. The second-order valence-electron chi connectivity index (χ2n) is 5.50. The Balaban J connectivity index is 4.56. The van der Waals surface area contributed by atoms with Gasteiger partial charge in [-0.25, -0.2) is 0 Å². The van der Waals surface area contributed by atoms with Gasteiger partial charge in [-0.05, 0) is 27.7 Å². The molecule has 0 saturated heterocycles. The highest BCUT2D eigenvalue weighted by Gasteiger charge is 2.41. The molecule has 0 heterocycles. The Labute approximate surface area is 104 Å². The van der Waals surface area contributed by atoms with Crippen molar-refractivity contribution in [3.8, 4) is 0 Å². The molecule has 0 radical (unpaired) electrons. The molecule has 0 aliphatic rings. The molecule has 0 fully saturated rings. The van der Waals surface area contributed by atoms with E-state index in [9.17, 15) is 9.59 Å². The minimum atomic E-state index is -0.662. The summed E-state index contributed by atoms with van der Waals surface area (Å²) in [6.45, 7) is 7.71. The van der Waals surface area contributed by atoms with E-state index < -0.39 is 11.0 Å². The van der Waals surface area contributed by atoms with Crippen molar-refractivity contribution in [1.82, 2.24) is 10.2 Å². The number of hydrogen-bond acceptors (Lipinski definition) is 3. The van der Waals surface area contributed by atoms with E-state index in [1.54, 1.807) is 19.0 Å². The largest absolute Gasteiger partial charge is 0.359 e. The topological polar surface area (TPSA) is 75.4 Å². The Morgan fingerprint density at radius 2 is 1.71 bits per heavy atom. The highest BCUT2D eigenvalue weighted by molar-refractivity contribution is 5.84. The maximum Gasteiger partial charge on any atom is 0.229 e. The van der Waals surface area contributed by atoms with Gasteiger partial charge in [0, 0.05) is 32.6 Å². The Kier molecular flexibility index (Phi) is 5.13. The van der Waals surface area contributed by atoms with Crippen LogP contribution in [-0.2, 0) is 9.59 Å². The summed E-state index contributed by atoms with van der Waals surface area (Å²) in [6, 6.07) is 0. The minimum Gasteiger partial charge on any atom is -0.359 e. The molecule has 0 aromatic heterocycles.